The third-order valence-corrected chi connectivity index (χ3v) is 6.92. The molecule has 39 heavy (non-hydrogen) atoms. The van der Waals surface area contributed by atoms with Crippen LogP contribution >= 0.6 is 0 Å². The molecule has 2 aliphatic rings. The second-order valence-corrected chi connectivity index (χ2v) is 9.44. The number of hydrogen-bond acceptors (Lipinski definition) is 8. The summed E-state index contributed by atoms with van der Waals surface area (Å²) in [5.74, 6) is -2.75. The number of phenols is 1. The van der Waals surface area contributed by atoms with E-state index in [-0.39, 0.29) is 41.6 Å². The molecular formula is C28H27FN4O6. The number of amides is 2. The molecule has 6 N–H and O–H groups in total. The number of aliphatic hydroxyl groups is 1. The molecule has 0 radical (unpaired) electrons. The van der Waals surface area contributed by atoms with Gasteiger partial charge in [-0.3, -0.25) is 19.7 Å². The largest absolute Gasteiger partial charge is 0.507 e. The quantitative estimate of drug-likeness (QED) is 0.189. The monoisotopic (exact) mass is 534 g/mol. The number of rotatable bonds is 8. The Labute approximate surface area is 223 Å². The van der Waals surface area contributed by atoms with Gasteiger partial charge in [0, 0.05) is 35.9 Å². The Morgan fingerprint density at radius 1 is 1.05 bits per heavy atom. The molecule has 0 spiro atoms. The highest BCUT2D eigenvalue weighted by Crippen LogP contribution is 2.30. The van der Waals surface area contributed by atoms with Gasteiger partial charge in [-0.1, -0.05) is 24.3 Å². The number of ketones is 1. The number of aromatic hydroxyl groups is 1. The number of benzene rings is 3. The van der Waals surface area contributed by atoms with Gasteiger partial charge in [-0.05, 0) is 41.5 Å². The maximum atomic E-state index is 14.6. The lowest BCUT2D eigenvalue weighted by atomic mass is 9.99. The summed E-state index contributed by atoms with van der Waals surface area (Å²) in [6.45, 7) is 0.986. The van der Waals surface area contributed by atoms with Gasteiger partial charge in [0.1, 0.15) is 17.5 Å². The summed E-state index contributed by atoms with van der Waals surface area (Å²) in [7, 11) is 1.26. The van der Waals surface area contributed by atoms with Gasteiger partial charge in [0.2, 0.25) is 5.91 Å². The van der Waals surface area contributed by atoms with Crippen LogP contribution in [-0.4, -0.2) is 60.1 Å². The Morgan fingerprint density at radius 2 is 1.77 bits per heavy atom. The lowest BCUT2D eigenvalue weighted by Crippen LogP contribution is -2.50. The first kappa shape index (κ1) is 26.3. The number of hydrogen-bond donors (Lipinski definition) is 6. The molecule has 3 aromatic rings. The normalized spacial score (nSPS) is 18.8. The van der Waals surface area contributed by atoms with Crippen LogP contribution in [0.25, 0.3) is 0 Å². The van der Waals surface area contributed by atoms with Crippen LogP contribution in [0.3, 0.4) is 0 Å². The van der Waals surface area contributed by atoms with E-state index >= 15 is 0 Å². The highest BCUT2D eigenvalue weighted by molar-refractivity contribution is 6.11. The van der Waals surface area contributed by atoms with Crippen molar-refractivity contribution >= 4 is 23.3 Å². The van der Waals surface area contributed by atoms with E-state index in [1.807, 2.05) is 0 Å². The molecule has 0 bridgehead atoms. The molecule has 1 saturated heterocycles. The Morgan fingerprint density at radius 3 is 2.51 bits per heavy atom. The average Bonchev–Trinajstić information content (AvgIpc) is 3.52. The zero-order valence-electron chi connectivity index (χ0n) is 21.0. The van der Waals surface area contributed by atoms with E-state index in [2.05, 4.69) is 21.3 Å². The number of phenolic OH excluding ortho intramolecular Hbond substituents is 1. The van der Waals surface area contributed by atoms with Crippen LogP contribution in [0.4, 0.5) is 10.1 Å². The summed E-state index contributed by atoms with van der Waals surface area (Å²) < 4.78 is 19.5. The molecule has 3 atom stereocenters. The molecule has 1 fully saturated rings. The van der Waals surface area contributed by atoms with Crippen LogP contribution in [-0.2, 0) is 11.2 Å². The number of methoxy groups -OCH3 is 1. The summed E-state index contributed by atoms with van der Waals surface area (Å²) in [5.41, 5.74) is 1.99. The van der Waals surface area contributed by atoms with Crippen LogP contribution in [0.5, 0.6) is 11.5 Å². The van der Waals surface area contributed by atoms with Crippen molar-refractivity contribution in [2.45, 2.75) is 24.7 Å². The molecular weight excluding hydrogens is 507 g/mol. The van der Waals surface area contributed by atoms with Crippen LogP contribution in [0.1, 0.15) is 43.6 Å². The van der Waals surface area contributed by atoms with E-state index in [1.165, 1.54) is 43.5 Å². The highest BCUT2D eigenvalue weighted by Gasteiger charge is 2.31. The molecule has 0 saturated carbocycles. The molecule has 2 aliphatic heterocycles. The lowest BCUT2D eigenvalue weighted by Gasteiger charge is -2.24. The second-order valence-electron chi connectivity index (χ2n) is 9.44. The third-order valence-electron chi connectivity index (χ3n) is 6.92. The summed E-state index contributed by atoms with van der Waals surface area (Å²) in [6.07, 6.45) is -0.879. The van der Waals surface area contributed by atoms with Gasteiger partial charge in [-0.2, -0.15) is 0 Å². The smallest absolute Gasteiger partial charge is 0.251 e. The van der Waals surface area contributed by atoms with Crippen molar-refractivity contribution in [2.75, 3.05) is 25.5 Å². The Hall–Kier alpha value is -4.32. The fourth-order valence-corrected chi connectivity index (χ4v) is 4.81. The van der Waals surface area contributed by atoms with Gasteiger partial charge < -0.3 is 30.9 Å². The number of carbonyl (C=O) groups is 3. The third kappa shape index (κ3) is 5.32. The first-order valence-corrected chi connectivity index (χ1v) is 12.3. The molecule has 2 amide bonds. The molecule has 0 aromatic heterocycles. The average molecular weight is 535 g/mol. The van der Waals surface area contributed by atoms with E-state index < -0.39 is 29.1 Å². The van der Waals surface area contributed by atoms with Crippen molar-refractivity contribution in [3.63, 3.8) is 0 Å². The van der Waals surface area contributed by atoms with E-state index in [9.17, 15) is 29.0 Å². The van der Waals surface area contributed by atoms with Crippen LogP contribution < -0.4 is 26.0 Å². The van der Waals surface area contributed by atoms with E-state index in [1.54, 1.807) is 18.2 Å². The number of halogens is 1. The predicted octanol–water partition coefficient (Wildman–Crippen LogP) is 1.62. The minimum atomic E-state index is -1.11. The fourth-order valence-electron chi connectivity index (χ4n) is 4.81. The SMILES string of the molecule is COc1ccc(O)c(C(=O)c2ccc(C(O)N[C@@H]3CNC[C@H]3NC(=O)c3ccc4c(c3)CC(=O)N4)cc2)c1F. The number of aliphatic hydroxyl groups excluding tert-OH is 1. The van der Waals surface area contributed by atoms with Gasteiger partial charge in [0.25, 0.3) is 5.91 Å². The summed E-state index contributed by atoms with van der Waals surface area (Å²) in [4.78, 5) is 37.3. The van der Waals surface area contributed by atoms with Gasteiger partial charge in [-0.25, -0.2) is 4.39 Å². The Bertz CT molecular complexity index is 1440. The van der Waals surface area contributed by atoms with Gasteiger partial charge in [0.05, 0.1) is 19.6 Å². The van der Waals surface area contributed by atoms with Gasteiger partial charge in [-0.15, -0.1) is 0 Å². The number of ether oxygens (including phenoxy) is 1. The van der Waals surface area contributed by atoms with E-state index in [4.69, 9.17) is 4.74 Å². The maximum Gasteiger partial charge on any atom is 0.251 e. The van der Waals surface area contributed by atoms with Gasteiger partial charge >= 0.3 is 0 Å². The molecule has 5 rings (SSSR count). The number of nitrogens with one attached hydrogen (secondary N) is 4. The van der Waals surface area contributed by atoms with E-state index in [0.29, 0.717) is 29.9 Å². The number of anilines is 1. The van der Waals surface area contributed by atoms with Crippen molar-refractivity contribution in [2.24, 2.45) is 0 Å². The van der Waals surface area contributed by atoms with Crippen molar-refractivity contribution in [3.05, 3.63) is 88.2 Å². The molecule has 0 aliphatic carbocycles. The first-order valence-electron chi connectivity index (χ1n) is 12.3. The van der Waals surface area contributed by atoms with E-state index in [0.717, 1.165) is 5.56 Å². The molecule has 11 heteroatoms. The Kier molecular flexibility index (Phi) is 7.29. The minimum Gasteiger partial charge on any atom is -0.507 e. The van der Waals surface area contributed by atoms with Crippen molar-refractivity contribution in [3.8, 4) is 11.5 Å². The summed E-state index contributed by atoms with van der Waals surface area (Å²) in [6, 6.07) is 12.8. The van der Waals surface area contributed by atoms with Gasteiger partial charge in [0.15, 0.2) is 17.3 Å². The number of carbonyl (C=O) groups excluding carboxylic acids is 3. The molecule has 10 nitrogen and oxygen atoms in total. The summed E-state index contributed by atoms with van der Waals surface area (Å²) >= 11 is 0. The zero-order chi connectivity index (χ0) is 27.7. The topological polar surface area (TPSA) is 149 Å². The minimum absolute atomic E-state index is 0.108. The van der Waals surface area contributed by atoms with Crippen molar-refractivity contribution in [1.29, 1.82) is 0 Å². The Balaban J connectivity index is 1.23. The zero-order valence-corrected chi connectivity index (χ0v) is 21.0. The summed E-state index contributed by atoms with van der Waals surface area (Å²) in [5, 5.41) is 32.8. The van der Waals surface area contributed by atoms with Crippen LogP contribution in [0, 0.1) is 5.82 Å². The highest BCUT2D eigenvalue weighted by atomic mass is 19.1. The van der Waals surface area contributed by atoms with Crippen LogP contribution in [0.15, 0.2) is 54.6 Å². The molecule has 3 aromatic carbocycles. The first-order chi connectivity index (χ1) is 18.7. The van der Waals surface area contributed by atoms with Crippen LogP contribution in [0.2, 0.25) is 0 Å². The maximum absolute atomic E-state index is 14.6. The molecule has 2 heterocycles. The second kappa shape index (κ2) is 10.8. The predicted molar refractivity (Wildman–Crippen MR) is 139 cm³/mol. The number of fused-ring (bicyclic) bond motifs is 1. The lowest BCUT2D eigenvalue weighted by molar-refractivity contribution is -0.115. The standard InChI is InChI=1S/C28H27FN4O6/c1-39-22-9-8-21(34)24(25(22)29)26(36)14-2-4-15(5-3-14)27(37)32-19-12-30-13-20(19)33-28(38)16-6-7-18-17(10-16)11-23(35)31-18/h2-10,19-20,27,30,32,34,37H,11-13H2,1H3,(H,31,35)(H,33,38)/t19-,20-,27?/m1/s1. The van der Waals surface area contributed by atoms with Crippen molar-refractivity contribution < 1.29 is 33.7 Å². The molecule has 1 unspecified atom stereocenters. The molecule has 202 valence electrons. The fraction of sp³-hybridized carbons (Fsp3) is 0.250. The van der Waals surface area contributed by atoms with Crippen molar-refractivity contribution in [1.82, 2.24) is 16.0 Å².